The Morgan fingerprint density at radius 1 is 0.947 bits per heavy atom. The zero-order valence-electron chi connectivity index (χ0n) is 13.6. The minimum atomic E-state index is 0.782. The number of hydrogen-bond acceptors (Lipinski definition) is 2. The molecule has 0 spiro atoms. The molecule has 2 atom stereocenters. The van der Waals surface area contributed by atoms with Crippen molar-refractivity contribution in [2.45, 2.75) is 90.6 Å². The first-order valence-electron chi connectivity index (χ1n) is 8.79. The Morgan fingerprint density at radius 2 is 1.63 bits per heavy atom. The summed E-state index contributed by atoms with van der Waals surface area (Å²) in [5.74, 6) is 0. The number of nitrogens with zero attached hydrogens (tertiary/aromatic N) is 1. The second kappa shape index (κ2) is 10.7. The van der Waals surface area contributed by atoms with Crippen LogP contribution in [0.4, 0.5) is 0 Å². The Hall–Kier alpha value is -0.0800. The van der Waals surface area contributed by atoms with E-state index in [1.807, 2.05) is 0 Å². The molecular formula is C17H36N2. The maximum Gasteiger partial charge on any atom is 0.0110 e. The van der Waals surface area contributed by atoms with Gasteiger partial charge in [0.05, 0.1) is 0 Å². The minimum absolute atomic E-state index is 0.782. The Labute approximate surface area is 121 Å². The van der Waals surface area contributed by atoms with Crippen LogP contribution >= 0.6 is 0 Å². The van der Waals surface area contributed by atoms with Gasteiger partial charge in [0, 0.05) is 12.1 Å². The molecule has 0 bridgehead atoms. The summed E-state index contributed by atoms with van der Waals surface area (Å²) in [4.78, 5) is 2.80. The summed E-state index contributed by atoms with van der Waals surface area (Å²) in [6.07, 6.45) is 12.3. The van der Waals surface area contributed by atoms with Crippen LogP contribution in [0.1, 0.15) is 78.6 Å². The highest BCUT2D eigenvalue weighted by Gasteiger charge is 2.25. The van der Waals surface area contributed by atoms with Gasteiger partial charge in [-0.2, -0.15) is 0 Å². The van der Waals surface area contributed by atoms with Crippen molar-refractivity contribution in [3.05, 3.63) is 0 Å². The van der Waals surface area contributed by atoms with Gasteiger partial charge >= 0.3 is 0 Å². The van der Waals surface area contributed by atoms with Gasteiger partial charge in [-0.05, 0) is 58.2 Å². The molecule has 0 heterocycles. The van der Waals surface area contributed by atoms with Crippen LogP contribution in [0.2, 0.25) is 0 Å². The summed E-state index contributed by atoms with van der Waals surface area (Å²) < 4.78 is 0. The number of rotatable bonds is 10. The standard InChI is InChI=1S/C17H36N2/c1-4-7-13-19(14-8-5-2)17-11-9-10-16(15-17)18-12-6-3/h16-18H,4-15H2,1-3H3. The molecule has 1 rings (SSSR count). The lowest BCUT2D eigenvalue weighted by molar-refractivity contribution is 0.135. The summed E-state index contributed by atoms with van der Waals surface area (Å²) in [6, 6.07) is 1.63. The van der Waals surface area contributed by atoms with E-state index in [1.54, 1.807) is 0 Å². The molecule has 19 heavy (non-hydrogen) atoms. The van der Waals surface area contributed by atoms with Crippen LogP contribution in [0.3, 0.4) is 0 Å². The van der Waals surface area contributed by atoms with Gasteiger partial charge < -0.3 is 10.2 Å². The van der Waals surface area contributed by atoms with E-state index in [0.717, 1.165) is 12.1 Å². The van der Waals surface area contributed by atoms with Gasteiger partial charge in [-0.3, -0.25) is 0 Å². The van der Waals surface area contributed by atoms with E-state index < -0.39 is 0 Å². The van der Waals surface area contributed by atoms with Crippen molar-refractivity contribution < 1.29 is 0 Å². The van der Waals surface area contributed by atoms with Crippen molar-refractivity contribution in [1.29, 1.82) is 0 Å². The fraction of sp³-hybridized carbons (Fsp3) is 1.00. The Bertz CT molecular complexity index is 197. The molecule has 2 unspecified atom stereocenters. The molecule has 1 N–H and O–H groups in total. The van der Waals surface area contributed by atoms with Crippen LogP contribution in [-0.2, 0) is 0 Å². The molecular weight excluding hydrogens is 232 g/mol. The van der Waals surface area contributed by atoms with E-state index in [0.29, 0.717) is 0 Å². The second-order valence-electron chi connectivity index (χ2n) is 6.21. The molecule has 2 heteroatoms. The van der Waals surface area contributed by atoms with Crippen LogP contribution in [0.5, 0.6) is 0 Å². The zero-order chi connectivity index (χ0) is 13.9. The highest BCUT2D eigenvalue weighted by atomic mass is 15.2. The summed E-state index contributed by atoms with van der Waals surface area (Å²) in [7, 11) is 0. The molecule has 1 aliphatic rings. The lowest BCUT2D eigenvalue weighted by Crippen LogP contribution is -2.45. The molecule has 0 aliphatic heterocycles. The van der Waals surface area contributed by atoms with Crippen LogP contribution in [0.25, 0.3) is 0 Å². The van der Waals surface area contributed by atoms with Crippen LogP contribution in [0, 0.1) is 0 Å². The van der Waals surface area contributed by atoms with Crippen LogP contribution < -0.4 is 5.32 Å². The van der Waals surface area contributed by atoms with Crippen LogP contribution in [-0.4, -0.2) is 36.6 Å². The molecule has 0 aromatic heterocycles. The first-order chi connectivity index (χ1) is 9.31. The lowest BCUT2D eigenvalue weighted by Gasteiger charge is -2.38. The van der Waals surface area contributed by atoms with Crippen molar-refractivity contribution in [2.75, 3.05) is 19.6 Å². The van der Waals surface area contributed by atoms with Gasteiger partial charge in [0.1, 0.15) is 0 Å². The number of unbranched alkanes of at least 4 members (excludes halogenated alkanes) is 2. The molecule has 1 fully saturated rings. The van der Waals surface area contributed by atoms with E-state index in [4.69, 9.17) is 0 Å². The lowest BCUT2D eigenvalue weighted by atomic mass is 9.89. The Kier molecular flexibility index (Phi) is 9.54. The highest BCUT2D eigenvalue weighted by molar-refractivity contribution is 4.84. The molecule has 1 aliphatic carbocycles. The number of nitrogens with one attached hydrogen (secondary N) is 1. The van der Waals surface area contributed by atoms with E-state index in [1.165, 1.54) is 77.4 Å². The van der Waals surface area contributed by atoms with Gasteiger partial charge in [0.25, 0.3) is 0 Å². The van der Waals surface area contributed by atoms with E-state index in [-0.39, 0.29) is 0 Å². The molecule has 1 saturated carbocycles. The van der Waals surface area contributed by atoms with Crippen molar-refractivity contribution in [2.24, 2.45) is 0 Å². The predicted molar refractivity (Wildman–Crippen MR) is 85.7 cm³/mol. The maximum absolute atomic E-state index is 3.74. The average Bonchev–Trinajstić information content (AvgIpc) is 2.45. The highest BCUT2D eigenvalue weighted by Crippen LogP contribution is 2.24. The summed E-state index contributed by atoms with van der Waals surface area (Å²) in [5, 5.41) is 3.74. The van der Waals surface area contributed by atoms with Crippen molar-refractivity contribution in [3.8, 4) is 0 Å². The Morgan fingerprint density at radius 3 is 2.21 bits per heavy atom. The van der Waals surface area contributed by atoms with Gasteiger partial charge in [-0.15, -0.1) is 0 Å². The molecule has 0 radical (unpaired) electrons. The number of hydrogen-bond donors (Lipinski definition) is 1. The fourth-order valence-electron chi connectivity index (χ4n) is 3.23. The third-order valence-corrected chi connectivity index (χ3v) is 4.44. The smallest absolute Gasteiger partial charge is 0.0110 e. The summed E-state index contributed by atoms with van der Waals surface area (Å²) in [5.41, 5.74) is 0. The van der Waals surface area contributed by atoms with Gasteiger partial charge in [0.2, 0.25) is 0 Å². The quantitative estimate of drug-likeness (QED) is 0.639. The van der Waals surface area contributed by atoms with Crippen molar-refractivity contribution in [3.63, 3.8) is 0 Å². The fourth-order valence-corrected chi connectivity index (χ4v) is 3.23. The molecule has 0 amide bonds. The Balaban J connectivity index is 2.41. The van der Waals surface area contributed by atoms with Gasteiger partial charge in [-0.25, -0.2) is 0 Å². The van der Waals surface area contributed by atoms with E-state index in [9.17, 15) is 0 Å². The second-order valence-corrected chi connectivity index (χ2v) is 6.21. The third-order valence-electron chi connectivity index (χ3n) is 4.44. The zero-order valence-corrected chi connectivity index (χ0v) is 13.6. The van der Waals surface area contributed by atoms with Crippen LogP contribution in [0.15, 0.2) is 0 Å². The molecule has 0 saturated heterocycles. The largest absolute Gasteiger partial charge is 0.314 e. The predicted octanol–water partition coefficient (Wildman–Crippen LogP) is 4.20. The molecule has 0 aromatic carbocycles. The third kappa shape index (κ3) is 6.76. The summed E-state index contributed by atoms with van der Waals surface area (Å²) in [6.45, 7) is 10.7. The van der Waals surface area contributed by atoms with Gasteiger partial charge in [-0.1, -0.05) is 40.0 Å². The first kappa shape index (κ1) is 17.0. The molecule has 114 valence electrons. The monoisotopic (exact) mass is 268 g/mol. The normalized spacial score (nSPS) is 24.0. The maximum atomic E-state index is 3.74. The van der Waals surface area contributed by atoms with E-state index >= 15 is 0 Å². The minimum Gasteiger partial charge on any atom is -0.314 e. The summed E-state index contributed by atoms with van der Waals surface area (Å²) >= 11 is 0. The van der Waals surface area contributed by atoms with Gasteiger partial charge in [0.15, 0.2) is 0 Å². The SMILES string of the molecule is CCCCN(CCCC)C1CCCC(NCCC)C1. The van der Waals surface area contributed by atoms with Crippen molar-refractivity contribution in [1.82, 2.24) is 10.2 Å². The average molecular weight is 268 g/mol. The van der Waals surface area contributed by atoms with E-state index in [2.05, 4.69) is 31.0 Å². The molecule has 0 aromatic rings. The first-order valence-corrected chi connectivity index (χ1v) is 8.79. The van der Waals surface area contributed by atoms with Crippen molar-refractivity contribution >= 4 is 0 Å². The topological polar surface area (TPSA) is 15.3 Å². The molecule has 2 nitrogen and oxygen atoms in total.